The van der Waals surface area contributed by atoms with E-state index in [2.05, 4.69) is 34.3 Å². The topological polar surface area (TPSA) is 60.0 Å². The van der Waals surface area contributed by atoms with Crippen molar-refractivity contribution in [2.45, 2.75) is 58.0 Å². The normalized spacial score (nSPS) is 21.4. The van der Waals surface area contributed by atoms with Crippen molar-refractivity contribution in [1.82, 2.24) is 15.1 Å². The maximum atomic E-state index is 12.5. The molecule has 0 aliphatic carbocycles. The molecular formula is C28H37Cl2N5O. The lowest BCUT2D eigenvalue weighted by Gasteiger charge is -2.39. The zero-order valence-electron chi connectivity index (χ0n) is 21.3. The molecule has 0 unspecified atom stereocenters. The van der Waals surface area contributed by atoms with Crippen LogP contribution < -0.4 is 10.6 Å². The lowest BCUT2D eigenvalue weighted by molar-refractivity contribution is -0.116. The van der Waals surface area contributed by atoms with Crippen LogP contribution in [-0.4, -0.2) is 66.4 Å². The van der Waals surface area contributed by atoms with Crippen LogP contribution in [0.15, 0.2) is 47.5 Å². The van der Waals surface area contributed by atoms with Crippen LogP contribution in [0.5, 0.6) is 0 Å². The van der Waals surface area contributed by atoms with E-state index in [-0.39, 0.29) is 5.91 Å². The number of nitrogens with one attached hydrogen (secondary N) is 2. The Balaban J connectivity index is 1.39. The van der Waals surface area contributed by atoms with E-state index in [1.807, 2.05) is 30.3 Å². The Morgan fingerprint density at radius 3 is 2.39 bits per heavy atom. The van der Waals surface area contributed by atoms with E-state index in [0.29, 0.717) is 35.0 Å². The molecule has 8 heteroatoms. The number of anilines is 1. The number of benzene rings is 2. The Labute approximate surface area is 225 Å². The second kappa shape index (κ2) is 12.9. The molecule has 0 radical (unpaired) electrons. The van der Waals surface area contributed by atoms with Gasteiger partial charge in [-0.2, -0.15) is 0 Å². The van der Waals surface area contributed by atoms with Crippen molar-refractivity contribution >= 4 is 46.3 Å². The average Bonchev–Trinajstić information content (AvgIpc) is 2.84. The third-order valence-electron chi connectivity index (χ3n) is 6.78. The van der Waals surface area contributed by atoms with Crippen molar-refractivity contribution in [2.24, 2.45) is 4.99 Å². The SMILES string of the molecule is C[C@H]1CN(C(CN2CCCCC2)=Nc2ccc(NC(=O)CCc3ccc(Cl)cc3Cl)cc2)C[C@H](C)N1. The van der Waals surface area contributed by atoms with E-state index in [0.717, 1.165) is 55.5 Å². The van der Waals surface area contributed by atoms with Crippen LogP contribution in [0.3, 0.4) is 0 Å². The Hall–Kier alpha value is -2.12. The molecule has 2 heterocycles. The number of piperidine rings is 1. The summed E-state index contributed by atoms with van der Waals surface area (Å²) in [6.07, 6.45) is 4.76. The van der Waals surface area contributed by atoms with Gasteiger partial charge in [-0.15, -0.1) is 0 Å². The smallest absolute Gasteiger partial charge is 0.224 e. The van der Waals surface area contributed by atoms with Crippen LogP contribution in [0.1, 0.15) is 45.1 Å². The molecule has 4 rings (SSSR count). The van der Waals surface area contributed by atoms with Crippen LogP contribution in [0.25, 0.3) is 0 Å². The first-order valence-corrected chi connectivity index (χ1v) is 13.8. The highest BCUT2D eigenvalue weighted by atomic mass is 35.5. The van der Waals surface area contributed by atoms with Crippen LogP contribution in [0.2, 0.25) is 10.0 Å². The highest BCUT2D eigenvalue weighted by Gasteiger charge is 2.25. The molecule has 1 amide bonds. The van der Waals surface area contributed by atoms with Gasteiger partial charge in [0.2, 0.25) is 5.91 Å². The first-order valence-electron chi connectivity index (χ1n) is 13.0. The molecule has 2 aliphatic heterocycles. The third-order valence-corrected chi connectivity index (χ3v) is 7.37. The van der Waals surface area contributed by atoms with Gasteiger partial charge in [-0.25, -0.2) is 4.99 Å². The van der Waals surface area contributed by atoms with Crippen LogP contribution in [0, 0.1) is 0 Å². The predicted octanol–water partition coefficient (Wildman–Crippen LogP) is 5.76. The number of aliphatic imine (C=N–C) groups is 1. The average molecular weight is 531 g/mol. The second-order valence-electron chi connectivity index (χ2n) is 10.1. The summed E-state index contributed by atoms with van der Waals surface area (Å²) in [5, 5.41) is 7.78. The predicted molar refractivity (Wildman–Crippen MR) is 151 cm³/mol. The van der Waals surface area contributed by atoms with Crippen LogP contribution >= 0.6 is 23.2 Å². The number of carbonyl (C=O) groups excluding carboxylic acids is 1. The number of rotatable bonds is 7. The quantitative estimate of drug-likeness (QED) is 0.353. The van der Waals surface area contributed by atoms with Gasteiger partial charge in [-0.3, -0.25) is 9.69 Å². The number of nitrogens with zero attached hydrogens (tertiary/aromatic N) is 3. The number of carbonyl (C=O) groups is 1. The molecule has 0 spiro atoms. The first-order chi connectivity index (χ1) is 17.4. The maximum Gasteiger partial charge on any atom is 0.224 e. The molecule has 0 aromatic heterocycles. The minimum Gasteiger partial charge on any atom is -0.356 e. The number of amidine groups is 1. The van der Waals surface area contributed by atoms with Crippen LogP contribution in [-0.2, 0) is 11.2 Å². The maximum absolute atomic E-state index is 12.5. The van der Waals surface area contributed by atoms with Gasteiger partial charge in [0.1, 0.15) is 5.84 Å². The summed E-state index contributed by atoms with van der Waals surface area (Å²) in [6, 6.07) is 14.0. The molecule has 6 nitrogen and oxygen atoms in total. The Bertz CT molecular complexity index is 1040. The van der Waals surface area contributed by atoms with Gasteiger partial charge in [-0.05, 0) is 88.2 Å². The molecule has 2 saturated heterocycles. The van der Waals surface area contributed by atoms with Gasteiger partial charge in [0.05, 0.1) is 12.2 Å². The van der Waals surface area contributed by atoms with Crippen molar-refractivity contribution in [3.05, 3.63) is 58.1 Å². The fraction of sp³-hybridized carbons (Fsp3) is 0.500. The molecule has 0 saturated carbocycles. The van der Waals surface area contributed by atoms with E-state index in [1.165, 1.54) is 19.3 Å². The zero-order chi connectivity index (χ0) is 25.5. The van der Waals surface area contributed by atoms with Crippen molar-refractivity contribution in [3.8, 4) is 0 Å². The summed E-state index contributed by atoms with van der Waals surface area (Å²) < 4.78 is 0. The van der Waals surface area contributed by atoms with E-state index >= 15 is 0 Å². The van der Waals surface area contributed by atoms with Gasteiger partial charge in [0, 0.05) is 47.3 Å². The summed E-state index contributed by atoms with van der Waals surface area (Å²) in [6.45, 7) is 9.56. The monoisotopic (exact) mass is 529 g/mol. The number of hydrogen-bond donors (Lipinski definition) is 2. The van der Waals surface area contributed by atoms with E-state index < -0.39 is 0 Å². The minimum absolute atomic E-state index is 0.0492. The molecule has 2 fully saturated rings. The van der Waals surface area contributed by atoms with Gasteiger partial charge in [0.25, 0.3) is 0 Å². The molecular weight excluding hydrogens is 493 g/mol. The fourth-order valence-electron chi connectivity index (χ4n) is 5.03. The van der Waals surface area contributed by atoms with Gasteiger partial charge in [0.15, 0.2) is 0 Å². The Morgan fingerprint density at radius 1 is 1.03 bits per heavy atom. The molecule has 2 N–H and O–H groups in total. The summed E-state index contributed by atoms with van der Waals surface area (Å²) in [5.41, 5.74) is 2.59. The molecule has 2 aromatic rings. The summed E-state index contributed by atoms with van der Waals surface area (Å²) in [7, 11) is 0. The third kappa shape index (κ3) is 7.94. The molecule has 2 atom stereocenters. The number of likely N-dealkylation sites (tertiary alicyclic amines) is 1. The Kier molecular flexibility index (Phi) is 9.66. The van der Waals surface area contributed by atoms with Crippen molar-refractivity contribution in [2.75, 3.05) is 38.0 Å². The van der Waals surface area contributed by atoms with E-state index in [4.69, 9.17) is 28.2 Å². The number of halogens is 2. The minimum atomic E-state index is -0.0492. The van der Waals surface area contributed by atoms with E-state index in [1.54, 1.807) is 12.1 Å². The van der Waals surface area contributed by atoms with Crippen molar-refractivity contribution in [1.29, 1.82) is 0 Å². The lowest BCUT2D eigenvalue weighted by Crippen LogP contribution is -2.57. The van der Waals surface area contributed by atoms with Crippen molar-refractivity contribution in [3.63, 3.8) is 0 Å². The summed E-state index contributed by atoms with van der Waals surface area (Å²) in [5.74, 6) is 1.08. The molecule has 0 bridgehead atoms. The number of amides is 1. The van der Waals surface area contributed by atoms with Gasteiger partial charge < -0.3 is 15.5 Å². The first kappa shape index (κ1) is 26.9. The second-order valence-corrected chi connectivity index (χ2v) is 10.9. The van der Waals surface area contributed by atoms with Crippen LogP contribution in [0.4, 0.5) is 11.4 Å². The van der Waals surface area contributed by atoms with E-state index in [9.17, 15) is 4.79 Å². The lowest BCUT2D eigenvalue weighted by atomic mass is 10.1. The van der Waals surface area contributed by atoms with Crippen molar-refractivity contribution < 1.29 is 4.79 Å². The number of hydrogen-bond acceptors (Lipinski definition) is 4. The highest BCUT2D eigenvalue weighted by molar-refractivity contribution is 6.35. The highest BCUT2D eigenvalue weighted by Crippen LogP contribution is 2.23. The molecule has 2 aliphatic rings. The molecule has 2 aromatic carbocycles. The standard InChI is InChI=1S/C28H37Cl2N5O/c1-20-17-35(18-21(2)31-20)27(19-34-14-4-3-5-15-34)32-24-9-11-25(12-10-24)33-28(36)13-7-22-6-8-23(29)16-26(22)30/h6,8-12,16,20-21,31H,3-5,7,13-15,17-19H2,1-2H3,(H,33,36)/t20-,21-/m0/s1. The van der Waals surface area contributed by atoms with Gasteiger partial charge >= 0.3 is 0 Å². The molecule has 36 heavy (non-hydrogen) atoms. The Morgan fingerprint density at radius 2 is 1.72 bits per heavy atom. The summed E-state index contributed by atoms with van der Waals surface area (Å²) in [4.78, 5) is 22.6. The summed E-state index contributed by atoms with van der Waals surface area (Å²) >= 11 is 12.2. The fourth-order valence-corrected chi connectivity index (χ4v) is 5.53. The largest absolute Gasteiger partial charge is 0.356 e. The number of aryl methyl sites for hydroxylation is 1. The van der Waals surface area contributed by atoms with Gasteiger partial charge in [-0.1, -0.05) is 35.7 Å². The zero-order valence-corrected chi connectivity index (χ0v) is 22.8. The number of piperazine rings is 1. The molecule has 194 valence electrons.